The second-order valence-corrected chi connectivity index (χ2v) is 6.60. The zero-order chi connectivity index (χ0) is 15.9. The summed E-state index contributed by atoms with van der Waals surface area (Å²) < 4.78 is 0. The molecule has 0 aromatic heterocycles. The number of thioether (sulfide) groups is 1. The molecule has 0 aliphatic carbocycles. The molecule has 0 bridgehead atoms. The molecule has 22 heavy (non-hydrogen) atoms. The third kappa shape index (κ3) is 5.09. The Morgan fingerprint density at radius 2 is 1.82 bits per heavy atom. The largest absolute Gasteiger partial charge is 0.508 e. The van der Waals surface area contributed by atoms with Gasteiger partial charge in [-0.3, -0.25) is 0 Å². The van der Waals surface area contributed by atoms with E-state index >= 15 is 0 Å². The molecular formula is C16H17ClN2OS2. The third-order valence-corrected chi connectivity index (χ3v) is 4.69. The lowest BCUT2D eigenvalue weighted by Gasteiger charge is -2.21. The smallest absolute Gasteiger partial charge is 0.173 e. The van der Waals surface area contributed by atoms with E-state index in [2.05, 4.69) is 5.32 Å². The Morgan fingerprint density at radius 3 is 2.45 bits per heavy atom. The van der Waals surface area contributed by atoms with Gasteiger partial charge < -0.3 is 15.3 Å². The summed E-state index contributed by atoms with van der Waals surface area (Å²) in [6.45, 7) is 0.772. The van der Waals surface area contributed by atoms with Crippen molar-refractivity contribution < 1.29 is 5.11 Å². The molecule has 0 heterocycles. The van der Waals surface area contributed by atoms with E-state index in [4.69, 9.17) is 23.8 Å². The van der Waals surface area contributed by atoms with E-state index in [1.165, 1.54) is 4.90 Å². The lowest BCUT2D eigenvalue weighted by Crippen LogP contribution is -2.38. The minimum atomic E-state index is 0.246. The zero-order valence-corrected chi connectivity index (χ0v) is 14.5. The maximum absolute atomic E-state index is 9.30. The lowest BCUT2D eigenvalue weighted by molar-refractivity contribution is 0.475. The normalized spacial score (nSPS) is 10.3. The molecule has 0 saturated heterocycles. The number of hydrogen-bond donors (Lipinski definition) is 2. The summed E-state index contributed by atoms with van der Waals surface area (Å²) in [5.41, 5.74) is 0.931. The Hall–Kier alpha value is -1.43. The van der Waals surface area contributed by atoms with Gasteiger partial charge in [0.2, 0.25) is 0 Å². The summed E-state index contributed by atoms with van der Waals surface area (Å²) in [5.74, 6) is 1.15. The Kier molecular flexibility index (Phi) is 6.36. The summed E-state index contributed by atoms with van der Waals surface area (Å²) >= 11 is 13.0. The first-order valence-electron chi connectivity index (χ1n) is 6.75. The van der Waals surface area contributed by atoms with Crippen molar-refractivity contribution >= 4 is 46.4 Å². The number of hydrogen-bond acceptors (Lipinski definition) is 3. The minimum Gasteiger partial charge on any atom is -0.508 e. The molecule has 0 aliphatic heterocycles. The Balaban J connectivity index is 1.75. The van der Waals surface area contributed by atoms with Crippen LogP contribution in [0.4, 0.5) is 5.69 Å². The van der Waals surface area contributed by atoms with E-state index in [1.54, 1.807) is 23.9 Å². The topological polar surface area (TPSA) is 35.5 Å². The summed E-state index contributed by atoms with van der Waals surface area (Å²) in [5, 5.41) is 13.9. The second kappa shape index (κ2) is 8.27. The van der Waals surface area contributed by atoms with Crippen molar-refractivity contribution in [3.63, 3.8) is 0 Å². The highest BCUT2D eigenvalue weighted by Gasteiger charge is 2.06. The fourth-order valence-electron chi connectivity index (χ4n) is 1.77. The highest BCUT2D eigenvalue weighted by atomic mass is 35.5. The van der Waals surface area contributed by atoms with Crippen LogP contribution in [0.1, 0.15) is 0 Å². The van der Waals surface area contributed by atoms with E-state index in [0.29, 0.717) is 5.11 Å². The molecular weight excluding hydrogens is 336 g/mol. The average molecular weight is 353 g/mol. The van der Waals surface area contributed by atoms with Gasteiger partial charge in [-0.2, -0.15) is 0 Å². The van der Waals surface area contributed by atoms with Crippen molar-refractivity contribution in [2.45, 2.75) is 4.90 Å². The second-order valence-electron chi connectivity index (χ2n) is 4.61. The van der Waals surface area contributed by atoms with Crippen LogP contribution >= 0.6 is 35.6 Å². The fraction of sp³-hybridized carbons (Fsp3) is 0.188. The zero-order valence-electron chi connectivity index (χ0n) is 12.1. The first-order valence-corrected chi connectivity index (χ1v) is 8.52. The van der Waals surface area contributed by atoms with Crippen LogP contribution in [-0.4, -0.2) is 29.6 Å². The van der Waals surface area contributed by atoms with Crippen molar-refractivity contribution in [2.75, 3.05) is 24.2 Å². The maximum atomic E-state index is 9.30. The highest BCUT2D eigenvalue weighted by Crippen LogP contribution is 2.20. The van der Waals surface area contributed by atoms with Gasteiger partial charge >= 0.3 is 0 Å². The lowest BCUT2D eigenvalue weighted by atomic mass is 10.3. The highest BCUT2D eigenvalue weighted by molar-refractivity contribution is 7.99. The van der Waals surface area contributed by atoms with Gasteiger partial charge in [-0.25, -0.2) is 0 Å². The first kappa shape index (κ1) is 16.9. The molecule has 0 spiro atoms. The minimum absolute atomic E-state index is 0.246. The summed E-state index contributed by atoms with van der Waals surface area (Å²) in [6.07, 6.45) is 0. The van der Waals surface area contributed by atoms with Crippen LogP contribution in [0, 0.1) is 0 Å². The Labute approximate surface area is 145 Å². The predicted molar refractivity (Wildman–Crippen MR) is 99.3 cm³/mol. The number of anilines is 1. The van der Waals surface area contributed by atoms with Crippen LogP contribution in [0.15, 0.2) is 53.4 Å². The SMILES string of the molecule is CN(C(=S)NCCSc1ccc(Cl)cc1)c1ccc(O)cc1. The van der Waals surface area contributed by atoms with Crippen molar-refractivity contribution in [3.05, 3.63) is 53.6 Å². The quantitative estimate of drug-likeness (QED) is 0.480. The number of aromatic hydroxyl groups is 1. The Morgan fingerprint density at radius 1 is 1.18 bits per heavy atom. The number of rotatable bonds is 5. The molecule has 2 aromatic rings. The van der Waals surface area contributed by atoms with Gasteiger partial charge in [0.1, 0.15) is 5.75 Å². The molecule has 3 nitrogen and oxygen atoms in total. The molecule has 0 unspecified atom stereocenters. The number of nitrogens with one attached hydrogen (secondary N) is 1. The monoisotopic (exact) mass is 352 g/mol. The van der Waals surface area contributed by atoms with E-state index in [9.17, 15) is 5.11 Å². The molecule has 2 aromatic carbocycles. The van der Waals surface area contributed by atoms with Gasteiger partial charge in [0.25, 0.3) is 0 Å². The van der Waals surface area contributed by atoms with E-state index in [1.807, 2.05) is 48.3 Å². The number of halogens is 1. The summed E-state index contributed by atoms with van der Waals surface area (Å²) in [6, 6.07) is 14.7. The van der Waals surface area contributed by atoms with Crippen molar-refractivity contribution in [2.24, 2.45) is 0 Å². The van der Waals surface area contributed by atoms with Gasteiger partial charge in [0.05, 0.1) is 0 Å². The molecule has 2 N–H and O–H groups in total. The molecule has 0 aliphatic rings. The first-order chi connectivity index (χ1) is 10.6. The third-order valence-electron chi connectivity index (χ3n) is 3.00. The molecule has 0 saturated carbocycles. The maximum Gasteiger partial charge on any atom is 0.173 e. The predicted octanol–water partition coefficient (Wildman–Crippen LogP) is 4.15. The molecule has 0 atom stereocenters. The molecule has 0 radical (unpaired) electrons. The average Bonchev–Trinajstić information content (AvgIpc) is 2.53. The van der Waals surface area contributed by atoms with Gasteiger partial charge in [-0.05, 0) is 60.7 Å². The van der Waals surface area contributed by atoms with Crippen LogP contribution in [0.3, 0.4) is 0 Å². The number of phenols is 1. The summed E-state index contributed by atoms with van der Waals surface area (Å²) in [7, 11) is 1.90. The van der Waals surface area contributed by atoms with E-state index in [-0.39, 0.29) is 5.75 Å². The number of benzene rings is 2. The number of nitrogens with zero attached hydrogens (tertiary/aromatic N) is 1. The van der Waals surface area contributed by atoms with Crippen LogP contribution in [0.2, 0.25) is 5.02 Å². The number of thiocarbonyl (C=S) groups is 1. The van der Waals surface area contributed by atoms with Gasteiger partial charge in [0, 0.05) is 35.0 Å². The Bertz CT molecular complexity index is 617. The molecule has 0 amide bonds. The molecule has 2 rings (SSSR count). The fourth-order valence-corrected chi connectivity index (χ4v) is 2.87. The van der Waals surface area contributed by atoms with Crippen LogP contribution in [0.25, 0.3) is 0 Å². The summed E-state index contributed by atoms with van der Waals surface area (Å²) in [4.78, 5) is 3.06. The van der Waals surface area contributed by atoms with Gasteiger partial charge in [0.15, 0.2) is 5.11 Å². The van der Waals surface area contributed by atoms with Crippen molar-refractivity contribution in [1.29, 1.82) is 0 Å². The van der Waals surface area contributed by atoms with Crippen molar-refractivity contribution in [1.82, 2.24) is 5.32 Å². The molecule has 6 heteroatoms. The van der Waals surface area contributed by atoms with Crippen LogP contribution in [0.5, 0.6) is 5.75 Å². The van der Waals surface area contributed by atoms with Gasteiger partial charge in [-0.15, -0.1) is 11.8 Å². The van der Waals surface area contributed by atoms with Crippen molar-refractivity contribution in [3.8, 4) is 5.75 Å². The standard InChI is InChI=1S/C16H17ClN2OS2/c1-19(13-4-6-14(20)7-5-13)16(21)18-10-11-22-15-8-2-12(17)3-9-15/h2-9,20H,10-11H2,1H3,(H,18,21). The van der Waals surface area contributed by atoms with Crippen LogP contribution in [-0.2, 0) is 0 Å². The van der Waals surface area contributed by atoms with E-state index in [0.717, 1.165) is 23.0 Å². The van der Waals surface area contributed by atoms with Crippen LogP contribution < -0.4 is 10.2 Å². The van der Waals surface area contributed by atoms with E-state index < -0.39 is 0 Å². The molecule has 116 valence electrons. The van der Waals surface area contributed by atoms with Gasteiger partial charge in [-0.1, -0.05) is 11.6 Å². The number of phenolic OH excluding ortho intramolecular Hbond substituents is 1. The molecule has 0 fully saturated rings.